The standard InChI is InChI=1S/C15H12IN3/c16-12-3-7-14(8-4-12)19-9-15(18-10-19)11-1-5-13(17)6-2-11/h1-10H,17H2. The maximum Gasteiger partial charge on any atom is 0.0999 e. The molecular weight excluding hydrogens is 349 g/mol. The Balaban J connectivity index is 1.95. The van der Waals surface area contributed by atoms with E-state index in [4.69, 9.17) is 5.73 Å². The van der Waals surface area contributed by atoms with E-state index in [0.717, 1.165) is 22.6 Å². The van der Waals surface area contributed by atoms with Crippen LogP contribution in [0.3, 0.4) is 0 Å². The van der Waals surface area contributed by atoms with Crippen molar-refractivity contribution in [2.75, 3.05) is 5.73 Å². The van der Waals surface area contributed by atoms with E-state index in [1.807, 2.05) is 41.4 Å². The number of nitrogen functional groups attached to an aromatic ring is 1. The summed E-state index contributed by atoms with van der Waals surface area (Å²) in [7, 11) is 0. The molecular formula is C15H12IN3. The highest BCUT2D eigenvalue weighted by Gasteiger charge is 2.03. The van der Waals surface area contributed by atoms with Crippen molar-refractivity contribution in [3.63, 3.8) is 0 Å². The third-order valence-electron chi connectivity index (χ3n) is 2.91. The second-order valence-electron chi connectivity index (χ2n) is 4.26. The predicted octanol–water partition coefficient (Wildman–Crippen LogP) is 3.73. The molecule has 0 aliphatic rings. The van der Waals surface area contributed by atoms with Crippen molar-refractivity contribution in [2.24, 2.45) is 0 Å². The molecule has 0 saturated carbocycles. The number of rotatable bonds is 2. The van der Waals surface area contributed by atoms with Gasteiger partial charge in [0.1, 0.15) is 0 Å². The second kappa shape index (κ2) is 5.05. The Morgan fingerprint density at radius 1 is 0.947 bits per heavy atom. The van der Waals surface area contributed by atoms with E-state index in [1.165, 1.54) is 3.57 Å². The number of imidazole rings is 1. The SMILES string of the molecule is Nc1ccc(-c2cn(-c3ccc(I)cc3)cn2)cc1. The lowest BCUT2D eigenvalue weighted by Gasteiger charge is -2.01. The smallest absolute Gasteiger partial charge is 0.0999 e. The first kappa shape index (κ1) is 12.2. The number of hydrogen-bond donors (Lipinski definition) is 1. The van der Waals surface area contributed by atoms with Gasteiger partial charge in [-0.3, -0.25) is 0 Å². The molecule has 1 heterocycles. The molecule has 2 N–H and O–H groups in total. The van der Waals surface area contributed by atoms with Crippen molar-refractivity contribution in [3.05, 3.63) is 64.6 Å². The lowest BCUT2D eigenvalue weighted by Crippen LogP contribution is -1.89. The minimum absolute atomic E-state index is 0.765. The molecule has 0 radical (unpaired) electrons. The van der Waals surface area contributed by atoms with E-state index in [1.54, 1.807) is 0 Å². The van der Waals surface area contributed by atoms with E-state index in [-0.39, 0.29) is 0 Å². The molecule has 4 heteroatoms. The molecule has 0 amide bonds. The van der Waals surface area contributed by atoms with Gasteiger partial charge in [0.2, 0.25) is 0 Å². The van der Waals surface area contributed by atoms with Crippen molar-refractivity contribution in [1.29, 1.82) is 0 Å². The Hall–Kier alpha value is -1.82. The summed E-state index contributed by atoms with van der Waals surface area (Å²) >= 11 is 2.30. The zero-order valence-corrected chi connectivity index (χ0v) is 12.3. The summed E-state index contributed by atoms with van der Waals surface area (Å²) in [4.78, 5) is 4.44. The summed E-state index contributed by atoms with van der Waals surface area (Å²) < 4.78 is 3.24. The van der Waals surface area contributed by atoms with Gasteiger partial charge in [0.15, 0.2) is 0 Å². The maximum absolute atomic E-state index is 5.69. The van der Waals surface area contributed by atoms with Crippen molar-refractivity contribution < 1.29 is 0 Å². The largest absolute Gasteiger partial charge is 0.399 e. The monoisotopic (exact) mass is 361 g/mol. The van der Waals surface area contributed by atoms with Gasteiger partial charge in [-0.15, -0.1) is 0 Å². The molecule has 0 atom stereocenters. The van der Waals surface area contributed by atoms with Gasteiger partial charge in [-0.2, -0.15) is 0 Å². The third kappa shape index (κ3) is 2.63. The van der Waals surface area contributed by atoms with Gasteiger partial charge in [-0.1, -0.05) is 12.1 Å². The van der Waals surface area contributed by atoms with E-state index in [0.29, 0.717) is 0 Å². The van der Waals surface area contributed by atoms with Crippen LogP contribution in [0, 0.1) is 3.57 Å². The summed E-state index contributed by atoms with van der Waals surface area (Å²) in [6.07, 6.45) is 3.85. The average molecular weight is 361 g/mol. The molecule has 0 fully saturated rings. The van der Waals surface area contributed by atoms with Gasteiger partial charge in [0.05, 0.1) is 12.0 Å². The van der Waals surface area contributed by atoms with Gasteiger partial charge in [-0.05, 0) is 59.0 Å². The zero-order valence-electron chi connectivity index (χ0n) is 10.1. The van der Waals surface area contributed by atoms with Crippen LogP contribution in [0.5, 0.6) is 0 Å². The lowest BCUT2D eigenvalue weighted by molar-refractivity contribution is 1.06. The van der Waals surface area contributed by atoms with E-state index < -0.39 is 0 Å². The van der Waals surface area contributed by atoms with E-state index in [2.05, 4.69) is 51.8 Å². The zero-order chi connectivity index (χ0) is 13.2. The molecule has 3 aromatic rings. The highest BCUT2D eigenvalue weighted by molar-refractivity contribution is 14.1. The first-order chi connectivity index (χ1) is 9.22. The number of anilines is 1. The van der Waals surface area contributed by atoms with E-state index >= 15 is 0 Å². The van der Waals surface area contributed by atoms with Crippen LogP contribution >= 0.6 is 22.6 Å². The fraction of sp³-hybridized carbons (Fsp3) is 0. The Morgan fingerprint density at radius 3 is 2.32 bits per heavy atom. The Morgan fingerprint density at radius 2 is 1.63 bits per heavy atom. The molecule has 0 saturated heterocycles. The molecule has 94 valence electrons. The van der Waals surface area contributed by atoms with Crippen molar-refractivity contribution >= 4 is 28.3 Å². The minimum atomic E-state index is 0.765. The van der Waals surface area contributed by atoms with Crippen LogP contribution in [0.2, 0.25) is 0 Å². The molecule has 3 nitrogen and oxygen atoms in total. The summed E-state index contributed by atoms with van der Waals surface area (Å²) in [6.45, 7) is 0. The quantitative estimate of drug-likeness (QED) is 0.559. The third-order valence-corrected chi connectivity index (χ3v) is 3.63. The highest BCUT2D eigenvalue weighted by Crippen LogP contribution is 2.20. The molecule has 3 rings (SSSR count). The number of nitrogens with two attached hydrogens (primary N) is 1. The van der Waals surface area contributed by atoms with Crippen molar-refractivity contribution in [1.82, 2.24) is 9.55 Å². The minimum Gasteiger partial charge on any atom is -0.399 e. The van der Waals surface area contributed by atoms with E-state index in [9.17, 15) is 0 Å². The molecule has 0 spiro atoms. The Labute approximate surface area is 125 Å². The maximum atomic E-state index is 5.69. The van der Waals surface area contributed by atoms with Crippen LogP contribution in [0.1, 0.15) is 0 Å². The van der Waals surface area contributed by atoms with Gasteiger partial charge in [0.25, 0.3) is 0 Å². The fourth-order valence-electron chi connectivity index (χ4n) is 1.88. The number of halogens is 1. The average Bonchev–Trinajstić information content (AvgIpc) is 2.90. The molecule has 0 aliphatic heterocycles. The summed E-state index contributed by atoms with van der Waals surface area (Å²) in [5.41, 5.74) is 9.57. The van der Waals surface area contributed by atoms with Gasteiger partial charge < -0.3 is 10.3 Å². The molecule has 19 heavy (non-hydrogen) atoms. The van der Waals surface area contributed by atoms with Gasteiger partial charge in [0, 0.05) is 26.7 Å². The van der Waals surface area contributed by atoms with Crippen molar-refractivity contribution in [2.45, 2.75) is 0 Å². The predicted molar refractivity (Wildman–Crippen MR) is 86.1 cm³/mol. The number of hydrogen-bond acceptors (Lipinski definition) is 2. The molecule has 1 aromatic heterocycles. The number of benzene rings is 2. The molecule has 0 aliphatic carbocycles. The number of aromatic nitrogens is 2. The van der Waals surface area contributed by atoms with Crippen LogP contribution in [-0.4, -0.2) is 9.55 Å². The van der Waals surface area contributed by atoms with Crippen molar-refractivity contribution in [3.8, 4) is 16.9 Å². The van der Waals surface area contributed by atoms with Crippen LogP contribution in [0.25, 0.3) is 16.9 Å². The Kier molecular flexibility index (Phi) is 3.25. The van der Waals surface area contributed by atoms with Crippen LogP contribution < -0.4 is 5.73 Å². The summed E-state index contributed by atoms with van der Waals surface area (Å²) in [6, 6.07) is 16.1. The fourth-order valence-corrected chi connectivity index (χ4v) is 2.24. The summed E-state index contributed by atoms with van der Waals surface area (Å²) in [5, 5.41) is 0. The van der Waals surface area contributed by atoms with Crippen LogP contribution in [0.4, 0.5) is 5.69 Å². The lowest BCUT2D eigenvalue weighted by atomic mass is 10.1. The second-order valence-corrected chi connectivity index (χ2v) is 5.51. The van der Waals surface area contributed by atoms with Crippen LogP contribution in [0.15, 0.2) is 61.1 Å². The van der Waals surface area contributed by atoms with Gasteiger partial charge >= 0.3 is 0 Å². The first-order valence-corrected chi connectivity index (χ1v) is 6.96. The van der Waals surface area contributed by atoms with Crippen LogP contribution in [-0.2, 0) is 0 Å². The first-order valence-electron chi connectivity index (χ1n) is 5.88. The Bertz CT molecular complexity index is 624. The molecule has 2 aromatic carbocycles. The molecule has 0 bridgehead atoms. The highest BCUT2D eigenvalue weighted by atomic mass is 127. The molecule has 0 unspecified atom stereocenters. The number of nitrogens with zero attached hydrogens (tertiary/aromatic N) is 2. The summed E-state index contributed by atoms with van der Waals surface area (Å²) in [5.74, 6) is 0. The normalized spacial score (nSPS) is 10.6. The van der Waals surface area contributed by atoms with Gasteiger partial charge in [-0.25, -0.2) is 4.98 Å². The topological polar surface area (TPSA) is 43.8 Å².